The summed E-state index contributed by atoms with van der Waals surface area (Å²) in [6.07, 6.45) is 1.26. The molecule has 0 spiro atoms. The summed E-state index contributed by atoms with van der Waals surface area (Å²) < 4.78 is 13.0. The summed E-state index contributed by atoms with van der Waals surface area (Å²) in [4.78, 5) is 26.8. The largest absolute Gasteiger partial charge is 0.370 e. The van der Waals surface area contributed by atoms with Crippen molar-refractivity contribution < 1.29 is 9.18 Å². The van der Waals surface area contributed by atoms with Crippen LogP contribution < -0.4 is 10.6 Å². The van der Waals surface area contributed by atoms with E-state index in [9.17, 15) is 9.18 Å². The maximum Gasteiger partial charge on any atom is 0.225 e. The van der Waals surface area contributed by atoms with Crippen molar-refractivity contribution in [2.75, 3.05) is 40.1 Å². The monoisotopic (exact) mass is 481 g/mol. The number of halogens is 1. The number of carbonyl (C=O) groups is 1. The van der Waals surface area contributed by atoms with E-state index in [2.05, 4.69) is 15.0 Å². The maximum absolute atomic E-state index is 13.0. The second kappa shape index (κ2) is 20.8. The maximum atomic E-state index is 13.0. The number of aldehydes is 1. The van der Waals surface area contributed by atoms with Gasteiger partial charge in [-0.25, -0.2) is 14.4 Å². The number of aromatic nitrogens is 2. The van der Waals surface area contributed by atoms with Crippen LogP contribution in [0.3, 0.4) is 0 Å². The van der Waals surface area contributed by atoms with Gasteiger partial charge in [0.05, 0.1) is 11.4 Å². The highest BCUT2D eigenvalue weighted by Gasteiger charge is 2.07. The van der Waals surface area contributed by atoms with Crippen molar-refractivity contribution in [3.05, 3.63) is 39.1 Å². The van der Waals surface area contributed by atoms with Gasteiger partial charge in [0.15, 0.2) is 11.8 Å². The molecule has 2 rings (SSSR count). The van der Waals surface area contributed by atoms with Gasteiger partial charge < -0.3 is 20.3 Å². The highest BCUT2D eigenvalue weighted by Crippen LogP contribution is 2.14. The number of nitrogens with two attached hydrogens (primary N) is 1. The Morgan fingerprint density at radius 3 is 1.91 bits per heavy atom. The molecule has 0 bridgehead atoms. The normalized spacial score (nSPS) is 9.12. The third-order valence-electron chi connectivity index (χ3n) is 3.31. The van der Waals surface area contributed by atoms with Crippen molar-refractivity contribution in [3.8, 4) is 6.07 Å². The van der Waals surface area contributed by atoms with E-state index < -0.39 is 0 Å². The Balaban J connectivity index is -0.000000390. The molecular weight excluding hydrogens is 441 g/mol. The summed E-state index contributed by atoms with van der Waals surface area (Å²) >= 11 is 1.37. The third kappa shape index (κ3) is 15.4. The smallest absolute Gasteiger partial charge is 0.225 e. The number of guanidine groups is 1. The first-order valence-corrected chi connectivity index (χ1v) is 11.4. The standard InChI is InChI=1S/C8H12FN3.C7H5NOS.C4H11N3.2C2H6/c1-5-7(9)6(2)11-8(10-5)12(3)4;8-5-7-2-1-6(10-7)3-4-9;1-6-4(5)7(2)3;2*1-2/h1-4H3;1-2,4H,3H2;1-3H3,(H2,5,6);2*1-2H3. The zero-order valence-electron chi connectivity index (χ0n) is 21.9. The minimum absolute atomic E-state index is 0.319. The number of hydrogen-bond donors (Lipinski definition) is 1. The van der Waals surface area contributed by atoms with Crippen molar-refractivity contribution in [3.63, 3.8) is 0 Å². The van der Waals surface area contributed by atoms with Gasteiger partial charge in [-0.1, -0.05) is 27.7 Å². The SMILES string of the molecule is CC.CC.CN=C(N)N(C)C.Cc1nc(N(C)C)nc(C)c1F.N#Cc1ccc(CC=O)s1. The van der Waals surface area contributed by atoms with Crippen molar-refractivity contribution in [2.24, 2.45) is 10.7 Å². The van der Waals surface area contributed by atoms with E-state index in [0.717, 1.165) is 11.2 Å². The van der Waals surface area contributed by atoms with Crippen LogP contribution in [-0.4, -0.2) is 62.4 Å². The molecular formula is C23H40FN7OS. The fourth-order valence-electron chi connectivity index (χ4n) is 1.71. The van der Waals surface area contributed by atoms with Crippen LogP contribution in [0.4, 0.5) is 10.3 Å². The first-order chi connectivity index (χ1) is 15.6. The van der Waals surface area contributed by atoms with E-state index in [-0.39, 0.29) is 5.82 Å². The molecule has 0 radical (unpaired) electrons. The number of thiophene rings is 1. The molecule has 2 heterocycles. The number of aryl methyl sites for hydroxylation is 2. The minimum Gasteiger partial charge on any atom is -0.370 e. The second-order valence-corrected chi connectivity index (χ2v) is 7.30. The van der Waals surface area contributed by atoms with Crippen LogP contribution in [0.15, 0.2) is 17.1 Å². The van der Waals surface area contributed by atoms with E-state index in [1.54, 1.807) is 42.8 Å². The van der Waals surface area contributed by atoms with Crippen LogP contribution in [0.1, 0.15) is 48.8 Å². The van der Waals surface area contributed by atoms with Crippen molar-refractivity contribution in [1.82, 2.24) is 14.9 Å². The minimum atomic E-state index is -0.319. The number of aliphatic imine (C=N–C) groups is 1. The first-order valence-electron chi connectivity index (χ1n) is 10.6. The molecule has 0 saturated heterocycles. The van der Waals surface area contributed by atoms with E-state index in [1.165, 1.54) is 11.3 Å². The fourth-order valence-corrected chi connectivity index (χ4v) is 2.47. The van der Waals surface area contributed by atoms with Crippen LogP contribution in [0.25, 0.3) is 0 Å². The summed E-state index contributed by atoms with van der Waals surface area (Å²) in [5, 5.41) is 8.39. The van der Waals surface area contributed by atoms with E-state index in [4.69, 9.17) is 11.0 Å². The number of nitriles is 1. The Morgan fingerprint density at radius 1 is 1.15 bits per heavy atom. The Morgan fingerprint density at radius 2 is 1.64 bits per heavy atom. The first kappa shape index (κ1) is 34.6. The lowest BCUT2D eigenvalue weighted by atomic mass is 10.3. The lowest BCUT2D eigenvalue weighted by Crippen LogP contribution is -2.29. The molecule has 10 heteroatoms. The predicted octanol–water partition coefficient (Wildman–Crippen LogP) is 4.20. The van der Waals surface area contributed by atoms with E-state index in [1.807, 2.05) is 62.0 Å². The van der Waals surface area contributed by atoms with Gasteiger partial charge in [-0.3, -0.25) is 4.99 Å². The molecule has 0 aliphatic heterocycles. The Bertz CT molecular complexity index is 836. The zero-order chi connectivity index (χ0) is 26.6. The number of carbonyl (C=O) groups excluding carboxylic acids is 1. The van der Waals surface area contributed by atoms with Crippen molar-refractivity contribution in [1.29, 1.82) is 5.26 Å². The molecule has 0 aliphatic rings. The average Bonchev–Trinajstić information content (AvgIpc) is 3.28. The van der Waals surface area contributed by atoms with E-state index in [0.29, 0.717) is 34.6 Å². The Kier molecular flexibility index (Phi) is 21.8. The Labute approximate surface area is 203 Å². The van der Waals surface area contributed by atoms with E-state index >= 15 is 0 Å². The molecule has 2 aromatic rings. The molecule has 0 atom stereocenters. The molecule has 8 nitrogen and oxygen atoms in total. The molecule has 0 aliphatic carbocycles. The molecule has 0 unspecified atom stereocenters. The molecule has 2 N–H and O–H groups in total. The summed E-state index contributed by atoms with van der Waals surface area (Å²) in [6.45, 7) is 11.3. The van der Waals surface area contributed by atoms with Crippen molar-refractivity contribution >= 4 is 29.5 Å². The van der Waals surface area contributed by atoms with Crippen LogP contribution >= 0.6 is 11.3 Å². The van der Waals surface area contributed by atoms with Crippen LogP contribution in [0.5, 0.6) is 0 Å². The zero-order valence-corrected chi connectivity index (χ0v) is 22.7. The summed E-state index contributed by atoms with van der Waals surface area (Å²) in [5.41, 5.74) is 6.08. The van der Waals surface area contributed by atoms with Gasteiger partial charge in [-0.15, -0.1) is 11.3 Å². The van der Waals surface area contributed by atoms with Crippen LogP contribution in [0, 0.1) is 31.0 Å². The summed E-state index contributed by atoms with van der Waals surface area (Å²) in [6, 6.07) is 5.54. The molecule has 33 heavy (non-hydrogen) atoms. The quantitative estimate of drug-likeness (QED) is 0.397. The lowest BCUT2D eigenvalue weighted by molar-refractivity contribution is -0.107. The van der Waals surface area contributed by atoms with Gasteiger partial charge >= 0.3 is 0 Å². The molecule has 186 valence electrons. The highest BCUT2D eigenvalue weighted by molar-refractivity contribution is 7.12. The lowest BCUT2D eigenvalue weighted by Gasteiger charge is -2.11. The predicted molar refractivity (Wildman–Crippen MR) is 139 cm³/mol. The summed E-state index contributed by atoms with van der Waals surface area (Å²) in [7, 11) is 9.01. The van der Waals surface area contributed by atoms with Gasteiger partial charge in [0.2, 0.25) is 5.95 Å². The van der Waals surface area contributed by atoms with Gasteiger partial charge in [0.25, 0.3) is 0 Å². The number of hydrogen-bond acceptors (Lipinski definition) is 7. The number of anilines is 1. The number of nitrogens with zero attached hydrogens (tertiary/aromatic N) is 6. The third-order valence-corrected chi connectivity index (χ3v) is 4.33. The molecule has 0 aromatic carbocycles. The summed E-state index contributed by atoms with van der Waals surface area (Å²) in [5.74, 6) is 0.784. The van der Waals surface area contributed by atoms with Gasteiger partial charge in [-0.05, 0) is 26.0 Å². The van der Waals surface area contributed by atoms with Crippen molar-refractivity contribution in [2.45, 2.75) is 48.0 Å². The topological polar surface area (TPSA) is 112 Å². The van der Waals surface area contributed by atoms with Gasteiger partial charge in [0, 0.05) is 46.5 Å². The molecule has 0 amide bonds. The van der Waals surface area contributed by atoms with Crippen LogP contribution in [-0.2, 0) is 11.2 Å². The average molecular weight is 482 g/mol. The van der Waals surface area contributed by atoms with Gasteiger partial charge in [0.1, 0.15) is 17.2 Å². The number of rotatable bonds is 3. The molecule has 2 aromatic heterocycles. The molecule has 0 saturated carbocycles. The second-order valence-electron chi connectivity index (χ2n) is 6.13. The fraction of sp³-hybridized carbons (Fsp3) is 0.522. The Hall–Kier alpha value is -3.06. The van der Waals surface area contributed by atoms with Gasteiger partial charge in [-0.2, -0.15) is 5.26 Å². The molecule has 0 fully saturated rings. The van der Waals surface area contributed by atoms with Crippen LogP contribution in [0.2, 0.25) is 0 Å². The highest BCUT2D eigenvalue weighted by atomic mass is 32.1.